The first kappa shape index (κ1) is 15.6. The number of nitrogens with zero attached hydrogens (tertiary/aromatic N) is 1. The van der Waals surface area contributed by atoms with Gasteiger partial charge in [0.05, 0.1) is 11.5 Å². The molecule has 1 rings (SSSR count). The van der Waals surface area contributed by atoms with Crippen molar-refractivity contribution in [3.8, 4) is 0 Å². The molecule has 1 aromatic rings. The summed E-state index contributed by atoms with van der Waals surface area (Å²) in [6, 6.07) is 9.88. The number of amides is 1. The molecular formula is C14H19NO3S. The second-order valence-electron chi connectivity index (χ2n) is 4.49. The summed E-state index contributed by atoms with van der Waals surface area (Å²) in [6.07, 6.45) is 0. The summed E-state index contributed by atoms with van der Waals surface area (Å²) in [6.45, 7) is 4.48. The van der Waals surface area contributed by atoms with Gasteiger partial charge in [-0.15, -0.1) is 11.8 Å². The van der Waals surface area contributed by atoms with Crippen molar-refractivity contribution in [1.29, 1.82) is 0 Å². The molecule has 1 amide bonds. The van der Waals surface area contributed by atoms with Gasteiger partial charge >= 0.3 is 5.97 Å². The molecule has 4 nitrogen and oxygen atoms in total. The SMILES string of the molecule is CC(C)N(Cc1ccccc1)C(=O)CSCC(=O)O. The van der Waals surface area contributed by atoms with Crippen LogP contribution >= 0.6 is 11.8 Å². The minimum atomic E-state index is -0.892. The Morgan fingerprint density at radius 1 is 1.21 bits per heavy atom. The molecule has 0 aliphatic rings. The molecule has 1 N–H and O–H groups in total. The summed E-state index contributed by atoms with van der Waals surface area (Å²) in [7, 11) is 0. The Morgan fingerprint density at radius 2 is 1.84 bits per heavy atom. The second kappa shape index (κ2) is 7.84. The van der Waals surface area contributed by atoms with Crippen LogP contribution in [0.4, 0.5) is 0 Å². The Bertz CT molecular complexity index is 420. The lowest BCUT2D eigenvalue weighted by molar-refractivity contribution is -0.133. The van der Waals surface area contributed by atoms with Gasteiger partial charge in [-0.2, -0.15) is 0 Å². The van der Waals surface area contributed by atoms with Crippen LogP contribution in [0.2, 0.25) is 0 Å². The maximum absolute atomic E-state index is 12.1. The molecule has 5 heteroatoms. The fraction of sp³-hybridized carbons (Fsp3) is 0.429. The fourth-order valence-electron chi connectivity index (χ4n) is 1.65. The van der Waals surface area contributed by atoms with E-state index in [0.29, 0.717) is 6.54 Å². The molecule has 0 saturated carbocycles. The van der Waals surface area contributed by atoms with Crippen LogP contribution in [0.5, 0.6) is 0 Å². The van der Waals surface area contributed by atoms with Gasteiger partial charge < -0.3 is 10.0 Å². The smallest absolute Gasteiger partial charge is 0.313 e. The lowest BCUT2D eigenvalue weighted by Crippen LogP contribution is -2.37. The molecule has 19 heavy (non-hydrogen) atoms. The van der Waals surface area contributed by atoms with E-state index >= 15 is 0 Å². The molecule has 1 aromatic carbocycles. The van der Waals surface area contributed by atoms with E-state index in [2.05, 4.69) is 0 Å². The highest BCUT2D eigenvalue weighted by Crippen LogP contribution is 2.11. The van der Waals surface area contributed by atoms with Crippen LogP contribution in [0, 0.1) is 0 Å². The van der Waals surface area contributed by atoms with Crippen LogP contribution in [0.3, 0.4) is 0 Å². The van der Waals surface area contributed by atoms with Crippen molar-refractivity contribution in [2.45, 2.75) is 26.4 Å². The van der Waals surface area contributed by atoms with Crippen LogP contribution in [-0.4, -0.2) is 39.4 Å². The third-order valence-electron chi connectivity index (χ3n) is 2.59. The van der Waals surface area contributed by atoms with E-state index in [1.807, 2.05) is 44.2 Å². The summed E-state index contributed by atoms with van der Waals surface area (Å²) in [5.41, 5.74) is 1.08. The lowest BCUT2D eigenvalue weighted by atomic mass is 10.2. The topological polar surface area (TPSA) is 57.6 Å². The molecule has 0 heterocycles. The van der Waals surface area contributed by atoms with Crippen LogP contribution in [0.1, 0.15) is 19.4 Å². The van der Waals surface area contributed by atoms with E-state index in [-0.39, 0.29) is 23.5 Å². The van der Waals surface area contributed by atoms with E-state index < -0.39 is 5.97 Å². The van der Waals surface area contributed by atoms with Gasteiger partial charge in [-0.25, -0.2) is 0 Å². The zero-order chi connectivity index (χ0) is 14.3. The van der Waals surface area contributed by atoms with Crippen molar-refractivity contribution >= 4 is 23.6 Å². The molecule has 0 atom stereocenters. The number of aliphatic carboxylic acids is 1. The van der Waals surface area contributed by atoms with Gasteiger partial charge in [-0.05, 0) is 19.4 Å². The first-order chi connectivity index (χ1) is 9.00. The third kappa shape index (κ3) is 5.79. The minimum Gasteiger partial charge on any atom is -0.481 e. The monoisotopic (exact) mass is 281 g/mol. The number of hydrogen-bond donors (Lipinski definition) is 1. The van der Waals surface area contributed by atoms with Crippen LogP contribution in [0.15, 0.2) is 30.3 Å². The quantitative estimate of drug-likeness (QED) is 0.832. The standard InChI is InChI=1S/C14H19NO3S/c1-11(2)15(8-12-6-4-3-5-7-12)13(16)9-19-10-14(17)18/h3-7,11H,8-10H2,1-2H3,(H,17,18). The van der Waals surface area contributed by atoms with Gasteiger partial charge in [0.25, 0.3) is 0 Å². The van der Waals surface area contributed by atoms with Crippen molar-refractivity contribution in [3.63, 3.8) is 0 Å². The predicted molar refractivity (Wildman–Crippen MR) is 77.1 cm³/mol. The van der Waals surface area contributed by atoms with Crippen LogP contribution < -0.4 is 0 Å². The Kier molecular flexibility index (Phi) is 6.42. The van der Waals surface area contributed by atoms with Crippen molar-refractivity contribution in [2.24, 2.45) is 0 Å². The highest BCUT2D eigenvalue weighted by Gasteiger charge is 2.17. The number of carboxylic acid groups (broad SMARTS) is 1. The predicted octanol–water partition coefficient (Wildman–Crippen LogP) is 2.24. The molecule has 104 valence electrons. The molecule has 0 saturated heterocycles. The highest BCUT2D eigenvalue weighted by atomic mass is 32.2. The van der Waals surface area contributed by atoms with E-state index in [1.165, 1.54) is 0 Å². The van der Waals surface area contributed by atoms with Gasteiger partial charge in [0, 0.05) is 12.6 Å². The van der Waals surface area contributed by atoms with Gasteiger partial charge in [0.15, 0.2) is 0 Å². The van der Waals surface area contributed by atoms with E-state index in [0.717, 1.165) is 17.3 Å². The van der Waals surface area contributed by atoms with Crippen molar-refractivity contribution in [1.82, 2.24) is 4.90 Å². The molecule has 0 aliphatic heterocycles. The Balaban J connectivity index is 2.57. The molecule has 0 radical (unpaired) electrons. The average Bonchev–Trinajstić information content (AvgIpc) is 2.36. The zero-order valence-electron chi connectivity index (χ0n) is 11.2. The molecule has 0 spiro atoms. The van der Waals surface area contributed by atoms with E-state index in [1.54, 1.807) is 4.90 Å². The molecular weight excluding hydrogens is 262 g/mol. The average molecular weight is 281 g/mol. The van der Waals surface area contributed by atoms with Crippen LogP contribution in [-0.2, 0) is 16.1 Å². The summed E-state index contributed by atoms with van der Waals surface area (Å²) >= 11 is 1.14. The van der Waals surface area contributed by atoms with Crippen molar-refractivity contribution in [3.05, 3.63) is 35.9 Å². The van der Waals surface area contributed by atoms with Crippen LogP contribution in [0.25, 0.3) is 0 Å². The largest absolute Gasteiger partial charge is 0.481 e. The Morgan fingerprint density at radius 3 is 2.37 bits per heavy atom. The zero-order valence-corrected chi connectivity index (χ0v) is 12.0. The van der Waals surface area contributed by atoms with Gasteiger partial charge in [-0.1, -0.05) is 30.3 Å². The maximum atomic E-state index is 12.1. The molecule has 0 aromatic heterocycles. The number of rotatable bonds is 7. The molecule has 0 fully saturated rings. The number of carboxylic acids is 1. The second-order valence-corrected chi connectivity index (χ2v) is 5.47. The number of carbonyl (C=O) groups is 2. The normalized spacial score (nSPS) is 10.5. The summed E-state index contributed by atoms with van der Waals surface area (Å²) in [5, 5.41) is 8.56. The maximum Gasteiger partial charge on any atom is 0.313 e. The van der Waals surface area contributed by atoms with Crippen molar-refractivity contribution in [2.75, 3.05) is 11.5 Å². The third-order valence-corrected chi connectivity index (χ3v) is 3.49. The summed E-state index contributed by atoms with van der Waals surface area (Å²) in [4.78, 5) is 24.3. The summed E-state index contributed by atoms with van der Waals surface area (Å²) < 4.78 is 0. The van der Waals surface area contributed by atoms with Gasteiger partial charge in [0.2, 0.25) is 5.91 Å². The fourth-order valence-corrected chi connectivity index (χ4v) is 2.26. The molecule has 0 bridgehead atoms. The highest BCUT2D eigenvalue weighted by molar-refractivity contribution is 8.00. The summed E-state index contributed by atoms with van der Waals surface area (Å²) in [5.74, 6) is -0.748. The molecule has 0 unspecified atom stereocenters. The van der Waals surface area contributed by atoms with E-state index in [9.17, 15) is 9.59 Å². The van der Waals surface area contributed by atoms with Gasteiger partial charge in [-0.3, -0.25) is 9.59 Å². The number of hydrogen-bond acceptors (Lipinski definition) is 3. The molecule has 0 aliphatic carbocycles. The minimum absolute atomic E-state index is 0.0231. The number of carbonyl (C=O) groups excluding carboxylic acids is 1. The Labute approximate surface area is 117 Å². The number of benzene rings is 1. The first-order valence-electron chi connectivity index (χ1n) is 6.13. The Hall–Kier alpha value is -1.49. The van der Waals surface area contributed by atoms with Crippen molar-refractivity contribution < 1.29 is 14.7 Å². The van der Waals surface area contributed by atoms with E-state index in [4.69, 9.17) is 5.11 Å². The number of thioether (sulfide) groups is 1. The van der Waals surface area contributed by atoms with Gasteiger partial charge in [0.1, 0.15) is 0 Å². The lowest BCUT2D eigenvalue weighted by Gasteiger charge is -2.26. The first-order valence-corrected chi connectivity index (χ1v) is 7.29.